The number of benzene rings is 2. The van der Waals surface area contributed by atoms with E-state index in [2.05, 4.69) is 40.2 Å². The lowest BCUT2D eigenvalue weighted by atomic mass is 9.82. The van der Waals surface area contributed by atoms with Gasteiger partial charge in [0.2, 0.25) is 11.6 Å². The van der Waals surface area contributed by atoms with E-state index in [0.717, 1.165) is 5.56 Å². The molecule has 3 N–H and O–H groups in total. The van der Waals surface area contributed by atoms with E-state index < -0.39 is 11.1 Å². The van der Waals surface area contributed by atoms with E-state index in [0.29, 0.717) is 11.5 Å². The molecule has 3 rings (SSSR count). The molecule has 0 spiro atoms. The number of anilines is 3. The van der Waals surface area contributed by atoms with Crippen LogP contribution in [0.2, 0.25) is 0 Å². The maximum atomic E-state index is 12.0. The molecular formula is C20H21N5O2S. The number of nitrogens with zero attached hydrogens (tertiary/aromatic N) is 3. The molecule has 0 aliphatic heterocycles. The van der Waals surface area contributed by atoms with Crippen LogP contribution in [0.1, 0.15) is 37.9 Å². The number of aromatic nitrogens is 2. The zero-order valence-electron chi connectivity index (χ0n) is 15.8. The largest absolute Gasteiger partial charge is 0.546 e. The van der Waals surface area contributed by atoms with Crippen molar-refractivity contribution in [2.75, 3.05) is 10.6 Å². The van der Waals surface area contributed by atoms with Gasteiger partial charge < -0.3 is 20.3 Å². The van der Waals surface area contributed by atoms with Gasteiger partial charge in [-0.1, -0.05) is 57.2 Å². The third kappa shape index (κ3) is 4.22. The molecule has 2 atom stereocenters. The van der Waals surface area contributed by atoms with E-state index in [1.165, 1.54) is 6.07 Å². The molecule has 0 saturated heterocycles. The van der Waals surface area contributed by atoms with Crippen molar-refractivity contribution in [1.82, 2.24) is 8.75 Å². The molecule has 0 amide bonds. The van der Waals surface area contributed by atoms with E-state index in [1.54, 1.807) is 12.1 Å². The third-order valence-corrected chi connectivity index (χ3v) is 4.93. The van der Waals surface area contributed by atoms with Gasteiger partial charge in [-0.3, -0.25) is 0 Å². The second-order valence-corrected chi connectivity index (χ2v) is 8.23. The van der Waals surface area contributed by atoms with Gasteiger partial charge in [0.05, 0.1) is 17.3 Å². The molecule has 7 nitrogen and oxygen atoms in total. The zero-order valence-corrected chi connectivity index (χ0v) is 16.6. The average molecular weight is 395 g/mol. The van der Waals surface area contributed by atoms with Gasteiger partial charge in [0.25, 0.3) is 0 Å². The number of hydrogen-bond donors (Lipinski definition) is 3. The minimum absolute atomic E-state index is 0.117. The molecule has 1 aromatic heterocycles. The van der Waals surface area contributed by atoms with Gasteiger partial charge in [0.1, 0.15) is 6.07 Å². The predicted octanol–water partition coefficient (Wildman–Crippen LogP) is 4.72. The van der Waals surface area contributed by atoms with Crippen LogP contribution in [0.3, 0.4) is 0 Å². The van der Waals surface area contributed by atoms with E-state index >= 15 is 0 Å². The van der Waals surface area contributed by atoms with Crippen LogP contribution in [0, 0.1) is 16.7 Å². The van der Waals surface area contributed by atoms with Crippen LogP contribution >= 0.6 is 11.1 Å². The summed E-state index contributed by atoms with van der Waals surface area (Å²) in [6.07, 6.45) is 0. The Hall–Kier alpha value is -3.15. The lowest BCUT2D eigenvalue weighted by molar-refractivity contribution is 0.347. The molecule has 144 valence electrons. The van der Waals surface area contributed by atoms with Crippen LogP contribution < -0.4 is 10.6 Å². The van der Waals surface area contributed by atoms with Crippen LogP contribution in [-0.2, 0) is 0 Å². The highest BCUT2D eigenvalue weighted by molar-refractivity contribution is 7.14. The topological polar surface area (TPSA) is 117 Å². The van der Waals surface area contributed by atoms with Crippen molar-refractivity contribution < 1.29 is 9.66 Å². The lowest BCUT2D eigenvalue weighted by Crippen LogP contribution is -2.26. The van der Waals surface area contributed by atoms with Gasteiger partial charge in [0.15, 0.2) is 16.9 Å². The highest BCUT2D eigenvalue weighted by Gasteiger charge is 2.29. The summed E-state index contributed by atoms with van der Waals surface area (Å²) in [6, 6.07) is 16.5. The fourth-order valence-electron chi connectivity index (χ4n) is 2.88. The fraction of sp³-hybridized carbons (Fsp3) is 0.250. The lowest BCUT2D eigenvalue weighted by Gasteiger charge is -2.31. The standard InChI is InChI=1S/C20H21N5O2S/c1-20(2,3)17(13-8-5-4-6-9-13)23-19-18(24-28(27)25-19)22-15-11-7-10-14(12-21)16(15)26/h4-11,17,26H,1-3H3,(H,22,24)(H,23,25). The van der Waals surface area contributed by atoms with Crippen LogP contribution in [0.25, 0.3) is 0 Å². The molecule has 0 aliphatic rings. The quantitative estimate of drug-likeness (QED) is 0.422. The highest BCUT2D eigenvalue weighted by Crippen LogP contribution is 2.39. The average Bonchev–Trinajstić information content (AvgIpc) is 3.00. The molecule has 0 fully saturated rings. The summed E-state index contributed by atoms with van der Waals surface area (Å²) < 4.78 is 20.1. The van der Waals surface area contributed by atoms with Crippen LogP contribution in [-0.4, -0.2) is 18.4 Å². The molecule has 2 aromatic carbocycles. The number of nitrogens with one attached hydrogen (secondary N) is 2. The van der Waals surface area contributed by atoms with Crippen molar-refractivity contribution in [1.29, 1.82) is 5.26 Å². The summed E-state index contributed by atoms with van der Waals surface area (Å²) in [5.41, 5.74) is 1.32. The molecular weight excluding hydrogens is 374 g/mol. The summed E-state index contributed by atoms with van der Waals surface area (Å²) >= 11 is -1.77. The molecule has 0 aliphatic carbocycles. The molecule has 28 heavy (non-hydrogen) atoms. The van der Waals surface area contributed by atoms with Gasteiger partial charge in [-0.25, -0.2) is 0 Å². The first kappa shape index (κ1) is 19.6. The summed E-state index contributed by atoms with van der Waals surface area (Å²) in [5.74, 6) is 0.387. The molecule has 0 bridgehead atoms. The van der Waals surface area contributed by atoms with E-state index in [-0.39, 0.29) is 28.6 Å². The first-order valence-electron chi connectivity index (χ1n) is 8.70. The number of para-hydroxylation sites is 1. The summed E-state index contributed by atoms with van der Waals surface area (Å²) in [5, 5.41) is 25.6. The predicted molar refractivity (Wildman–Crippen MR) is 109 cm³/mol. The van der Waals surface area contributed by atoms with Crippen molar-refractivity contribution in [3.8, 4) is 11.8 Å². The smallest absolute Gasteiger partial charge is 0.237 e. The van der Waals surface area contributed by atoms with Gasteiger partial charge >= 0.3 is 0 Å². The van der Waals surface area contributed by atoms with Crippen molar-refractivity contribution >= 4 is 28.5 Å². The molecule has 8 heteroatoms. The van der Waals surface area contributed by atoms with Crippen molar-refractivity contribution in [3.05, 3.63) is 59.7 Å². The second kappa shape index (κ2) is 7.84. The number of aromatic hydroxyl groups is 1. The highest BCUT2D eigenvalue weighted by atomic mass is 32.2. The Morgan fingerprint density at radius 3 is 2.39 bits per heavy atom. The Bertz CT molecular complexity index is 1010. The van der Waals surface area contributed by atoms with E-state index in [1.807, 2.05) is 36.4 Å². The second-order valence-electron chi connectivity index (χ2n) is 7.40. The monoisotopic (exact) mass is 395 g/mol. The Kier molecular flexibility index (Phi) is 5.49. The number of phenolic OH excluding ortho intramolecular Hbond substituents is 1. The maximum Gasteiger partial charge on any atom is 0.237 e. The van der Waals surface area contributed by atoms with Gasteiger partial charge in [-0.15, -0.1) is 0 Å². The summed E-state index contributed by atoms with van der Waals surface area (Å²) in [7, 11) is 0. The minimum atomic E-state index is -1.77. The number of hydrogen-bond acceptors (Lipinski definition) is 7. The van der Waals surface area contributed by atoms with Crippen LogP contribution in [0.5, 0.6) is 5.75 Å². The van der Waals surface area contributed by atoms with Crippen molar-refractivity contribution in [2.45, 2.75) is 26.8 Å². The Balaban J connectivity index is 1.95. The van der Waals surface area contributed by atoms with Crippen LogP contribution in [0.15, 0.2) is 48.5 Å². The zero-order chi connectivity index (χ0) is 20.3. The molecule has 1 heterocycles. The molecule has 0 saturated carbocycles. The summed E-state index contributed by atoms with van der Waals surface area (Å²) in [6.45, 7) is 6.28. The Morgan fingerprint density at radius 2 is 1.75 bits per heavy atom. The summed E-state index contributed by atoms with van der Waals surface area (Å²) in [4.78, 5) is 0. The minimum Gasteiger partial charge on any atom is -0.546 e. The van der Waals surface area contributed by atoms with Crippen LogP contribution in [0.4, 0.5) is 17.3 Å². The molecule has 2 unspecified atom stereocenters. The van der Waals surface area contributed by atoms with Gasteiger partial charge in [-0.05, 0) is 23.1 Å². The number of phenols is 1. The number of rotatable bonds is 5. The molecule has 3 aromatic rings. The third-order valence-electron chi connectivity index (χ3n) is 4.25. The maximum absolute atomic E-state index is 12.0. The Labute approximate surface area is 166 Å². The van der Waals surface area contributed by atoms with Crippen molar-refractivity contribution in [2.24, 2.45) is 5.41 Å². The van der Waals surface area contributed by atoms with E-state index in [4.69, 9.17) is 5.26 Å². The number of nitriles is 1. The first-order chi connectivity index (χ1) is 13.3. The molecule has 0 radical (unpaired) electrons. The first-order valence-corrected chi connectivity index (χ1v) is 9.76. The van der Waals surface area contributed by atoms with Crippen molar-refractivity contribution in [3.63, 3.8) is 0 Å². The Morgan fingerprint density at radius 1 is 1.07 bits per heavy atom. The fourth-order valence-corrected chi connectivity index (χ4v) is 3.51. The van der Waals surface area contributed by atoms with Gasteiger partial charge in [-0.2, -0.15) is 5.26 Å². The van der Waals surface area contributed by atoms with Gasteiger partial charge in [0, 0.05) is 8.75 Å². The normalized spacial score (nSPS) is 12.9. The SMILES string of the molecule is CC(C)(C)C(Nc1n[s+]([O-])nc1Nc1cccc(C#N)c1O)c1ccccc1. The van der Waals surface area contributed by atoms with E-state index in [9.17, 15) is 9.66 Å².